The number of halogens is 2. The lowest BCUT2D eigenvalue weighted by atomic mass is 10.1. The summed E-state index contributed by atoms with van der Waals surface area (Å²) in [6.07, 6.45) is 1.45. The van der Waals surface area contributed by atoms with Crippen LogP contribution in [0.5, 0.6) is 0 Å². The van der Waals surface area contributed by atoms with Crippen molar-refractivity contribution in [3.63, 3.8) is 0 Å². The third-order valence-corrected chi connectivity index (χ3v) is 6.91. The van der Waals surface area contributed by atoms with E-state index in [1.807, 2.05) is 17.5 Å². The van der Waals surface area contributed by atoms with Gasteiger partial charge in [0.2, 0.25) is 5.71 Å². The normalized spacial score (nSPS) is 13.6. The standard InChI is InChI=1S/C19H7Cl2NO3S2/c20-12-6-9-10(7-13(12)21)17(24)11(16(9)23)4-8-5-15-18(25-8)22-19(27-15)14-2-1-3-26-14/h1-7H. The number of nitrogens with zero attached hydrogens (tertiary/aromatic N) is 1. The Kier molecular flexibility index (Phi) is 3.84. The second-order valence-electron chi connectivity index (χ2n) is 5.84. The van der Waals surface area contributed by atoms with Crippen LogP contribution in [-0.2, 0) is 0 Å². The topological polar surface area (TPSA) is 60.2 Å². The average molecular weight is 432 g/mol. The summed E-state index contributed by atoms with van der Waals surface area (Å²) in [5.41, 5.74) is 1.03. The third kappa shape index (κ3) is 2.68. The molecule has 0 saturated heterocycles. The van der Waals surface area contributed by atoms with Gasteiger partial charge in [0.25, 0.3) is 0 Å². The van der Waals surface area contributed by atoms with Crippen LogP contribution in [0.2, 0.25) is 10.0 Å². The molecule has 0 atom stereocenters. The van der Waals surface area contributed by atoms with Crippen LogP contribution in [0.4, 0.5) is 0 Å². The van der Waals surface area contributed by atoms with Gasteiger partial charge in [-0.2, -0.15) is 4.98 Å². The molecule has 4 nitrogen and oxygen atoms in total. The highest BCUT2D eigenvalue weighted by atomic mass is 35.5. The molecule has 0 saturated carbocycles. The molecule has 0 unspecified atom stereocenters. The maximum absolute atomic E-state index is 12.6. The second kappa shape index (κ2) is 6.14. The summed E-state index contributed by atoms with van der Waals surface area (Å²) in [6, 6.07) is 8.59. The molecule has 0 spiro atoms. The Morgan fingerprint density at radius 2 is 1.74 bits per heavy atom. The lowest BCUT2D eigenvalue weighted by Crippen LogP contribution is -1.99. The number of carbonyl (C=O) groups excluding carboxylic acids is 2. The number of thiazole rings is 1. The molecule has 1 aliphatic rings. The summed E-state index contributed by atoms with van der Waals surface area (Å²) in [5.74, 6) is -0.371. The molecule has 4 aromatic rings. The lowest BCUT2D eigenvalue weighted by molar-refractivity contribution is 0.0990. The Hall–Kier alpha value is -2.25. The van der Waals surface area contributed by atoms with E-state index in [0.29, 0.717) is 11.5 Å². The Balaban J connectivity index is 1.54. The fourth-order valence-electron chi connectivity index (χ4n) is 2.92. The summed E-state index contributed by atoms with van der Waals surface area (Å²) >= 11 is 15.0. The first-order valence-electron chi connectivity index (χ1n) is 7.75. The number of aromatic nitrogens is 1. The first kappa shape index (κ1) is 16.9. The van der Waals surface area contributed by atoms with Crippen molar-refractivity contribution in [2.45, 2.75) is 0 Å². The van der Waals surface area contributed by atoms with Crippen LogP contribution in [0.3, 0.4) is 0 Å². The summed E-state index contributed by atoms with van der Waals surface area (Å²) < 4.78 is 6.58. The molecule has 0 fully saturated rings. The van der Waals surface area contributed by atoms with Gasteiger partial charge in [-0.25, -0.2) is 0 Å². The fraction of sp³-hybridized carbons (Fsp3) is 0. The minimum Gasteiger partial charge on any atom is -0.437 e. The minimum atomic E-state index is -0.388. The van der Waals surface area contributed by atoms with Gasteiger partial charge in [-0.15, -0.1) is 22.7 Å². The van der Waals surface area contributed by atoms with Gasteiger partial charge in [-0.3, -0.25) is 9.59 Å². The smallest absolute Gasteiger partial charge is 0.238 e. The Morgan fingerprint density at radius 3 is 2.33 bits per heavy atom. The number of ketones is 2. The molecule has 0 radical (unpaired) electrons. The van der Waals surface area contributed by atoms with Crippen molar-refractivity contribution in [1.82, 2.24) is 4.98 Å². The number of rotatable bonds is 2. The van der Waals surface area contributed by atoms with Gasteiger partial charge in [0.1, 0.15) is 10.8 Å². The summed E-state index contributed by atoms with van der Waals surface area (Å²) in [6.45, 7) is 0. The van der Waals surface area contributed by atoms with E-state index in [-0.39, 0.29) is 38.3 Å². The first-order valence-corrected chi connectivity index (χ1v) is 10.2. The van der Waals surface area contributed by atoms with Crippen molar-refractivity contribution < 1.29 is 14.0 Å². The molecule has 0 amide bonds. The van der Waals surface area contributed by atoms with Gasteiger partial charge < -0.3 is 4.42 Å². The zero-order chi connectivity index (χ0) is 18.7. The van der Waals surface area contributed by atoms with E-state index in [1.165, 1.54) is 29.5 Å². The van der Waals surface area contributed by atoms with Crippen LogP contribution in [0, 0.1) is 0 Å². The zero-order valence-electron chi connectivity index (χ0n) is 13.3. The highest BCUT2D eigenvalue weighted by Crippen LogP contribution is 2.37. The molecular formula is C19H7Cl2NO3S2. The number of hydrogen-bond acceptors (Lipinski definition) is 6. The van der Waals surface area contributed by atoms with E-state index in [2.05, 4.69) is 4.98 Å². The van der Waals surface area contributed by atoms with Crippen LogP contribution >= 0.6 is 45.9 Å². The van der Waals surface area contributed by atoms with Crippen molar-refractivity contribution in [3.05, 3.63) is 68.2 Å². The molecule has 0 bridgehead atoms. The molecule has 8 heteroatoms. The average Bonchev–Trinajstić information content (AvgIpc) is 3.38. The molecular weight excluding hydrogens is 425 g/mol. The number of furan rings is 1. The molecule has 3 heterocycles. The molecule has 1 aromatic carbocycles. The number of carbonyl (C=O) groups is 2. The van der Waals surface area contributed by atoms with Gasteiger partial charge in [0.05, 0.1) is 25.2 Å². The summed E-state index contributed by atoms with van der Waals surface area (Å²) in [5, 5.41) is 3.34. The van der Waals surface area contributed by atoms with E-state index < -0.39 is 0 Å². The number of allylic oxidation sites excluding steroid dienone is 1. The van der Waals surface area contributed by atoms with Gasteiger partial charge in [0.15, 0.2) is 11.6 Å². The predicted molar refractivity (Wildman–Crippen MR) is 108 cm³/mol. The van der Waals surface area contributed by atoms with Crippen LogP contribution in [0.1, 0.15) is 26.5 Å². The van der Waals surface area contributed by atoms with Gasteiger partial charge in [-0.1, -0.05) is 29.3 Å². The number of fused-ring (bicyclic) bond motifs is 2. The quantitative estimate of drug-likeness (QED) is 0.272. The van der Waals surface area contributed by atoms with E-state index in [4.69, 9.17) is 27.6 Å². The van der Waals surface area contributed by atoms with Gasteiger partial charge in [0, 0.05) is 17.2 Å². The van der Waals surface area contributed by atoms with Crippen LogP contribution in [0.15, 0.2) is 45.7 Å². The number of Topliss-reactive ketones (excluding diaryl/α,β-unsaturated/α-hetero) is 2. The molecule has 0 N–H and O–H groups in total. The van der Waals surface area contributed by atoms with E-state index in [1.54, 1.807) is 17.4 Å². The number of benzene rings is 1. The molecule has 5 rings (SSSR count). The molecule has 1 aliphatic carbocycles. The van der Waals surface area contributed by atoms with Crippen molar-refractivity contribution in [2.24, 2.45) is 0 Å². The number of thiophene rings is 1. The monoisotopic (exact) mass is 431 g/mol. The Morgan fingerprint density at radius 1 is 1.04 bits per heavy atom. The molecule has 0 aliphatic heterocycles. The molecule has 3 aromatic heterocycles. The Bertz CT molecular complexity index is 1210. The zero-order valence-corrected chi connectivity index (χ0v) is 16.4. The van der Waals surface area contributed by atoms with Crippen molar-refractivity contribution in [2.75, 3.05) is 0 Å². The van der Waals surface area contributed by atoms with Crippen LogP contribution in [0.25, 0.3) is 26.4 Å². The van der Waals surface area contributed by atoms with Crippen molar-refractivity contribution in [1.29, 1.82) is 0 Å². The van der Waals surface area contributed by atoms with E-state index in [0.717, 1.165) is 14.6 Å². The molecule has 27 heavy (non-hydrogen) atoms. The van der Waals surface area contributed by atoms with Crippen LogP contribution in [-0.4, -0.2) is 16.6 Å². The van der Waals surface area contributed by atoms with Crippen molar-refractivity contribution >= 4 is 73.9 Å². The summed E-state index contributed by atoms with van der Waals surface area (Å²) in [7, 11) is 0. The first-order chi connectivity index (χ1) is 13.0. The van der Waals surface area contributed by atoms with Gasteiger partial charge in [-0.05, 0) is 29.7 Å². The fourth-order valence-corrected chi connectivity index (χ4v) is 4.98. The number of hydrogen-bond donors (Lipinski definition) is 0. The maximum atomic E-state index is 12.6. The predicted octanol–water partition coefficient (Wildman–Crippen LogP) is 6.39. The maximum Gasteiger partial charge on any atom is 0.238 e. The molecule has 132 valence electrons. The lowest BCUT2D eigenvalue weighted by Gasteiger charge is -1.98. The SMILES string of the molecule is O=C1C(=Cc2cc3sc(-c4cccs4)nc3o2)C(=O)c2cc(Cl)c(Cl)cc21. The highest BCUT2D eigenvalue weighted by molar-refractivity contribution is 7.25. The van der Waals surface area contributed by atoms with E-state index in [9.17, 15) is 9.59 Å². The minimum absolute atomic E-state index is 0.0308. The largest absolute Gasteiger partial charge is 0.437 e. The Labute approximate surface area is 170 Å². The second-order valence-corrected chi connectivity index (χ2v) is 8.64. The van der Waals surface area contributed by atoms with Crippen molar-refractivity contribution in [3.8, 4) is 9.88 Å². The van der Waals surface area contributed by atoms with Crippen LogP contribution < -0.4 is 0 Å². The highest BCUT2D eigenvalue weighted by Gasteiger charge is 2.34. The summed E-state index contributed by atoms with van der Waals surface area (Å²) in [4.78, 5) is 30.7. The van der Waals surface area contributed by atoms with E-state index >= 15 is 0 Å². The third-order valence-electron chi connectivity index (χ3n) is 4.17. The van der Waals surface area contributed by atoms with Gasteiger partial charge >= 0.3 is 0 Å².